The molecule has 6 heteroatoms. The smallest absolute Gasteiger partial charge is 0.419 e. The fourth-order valence-electron chi connectivity index (χ4n) is 1.87. The zero-order chi connectivity index (χ0) is 15.5. The van der Waals surface area contributed by atoms with Crippen LogP contribution in [0.3, 0.4) is 0 Å². The lowest BCUT2D eigenvalue weighted by atomic mass is 10.1. The van der Waals surface area contributed by atoms with Gasteiger partial charge in [0.2, 0.25) is 5.88 Å². The highest BCUT2D eigenvalue weighted by Gasteiger charge is 2.34. The van der Waals surface area contributed by atoms with E-state index in [0.717, 1.165) is 6.07 Å². The van der Waals surface area contributed by atoms with E-state index in [2.05, 4.69) is 10.3 Å². The molecule has 2 aromatic rings. The molecule has 2 rings (SSSR count). The standard InChI is InChI=1S/C15H15F3N2O/c1-10(19-2)11-6-5-9-20-14(11)21-13-8-4-3-7-12(13)15(16,17)18/h3-10,19H,1-2H3. The molecule has 0 fully saturated rings. The summed E-state index contributed by atoms with van der Waals surface area (Å²) in [6, 6.07) is 8.47. The van der Waals surface area contributed by atoms with Crippen LogP contribution < -0.4 is 10.1 Å². The number of nitrogens with one attached hydrogen (secondary N) is 1. The van der Waals surface area contributed by atoms with Crippen molar-refractivity contribution in [2.75, 3.05) is 7.05 Å². The molecule has 1 heterocycles. The maximum Gasteiger partial charge on any atom is 0.419 e. The minimum atomic E-state index is -4.47. The number of hydrogen-bond acceptors (Lipinski definition) is 3. The maximum absolute atomic E-state index is 13.0. The number of para-hydroxylation sites is 1. The first-order valence-electron chi connectivity index (χ1n) is 6.39. The van der Waals surface area contributed by atoms with E-state index in [1.807, 2.05) is 6.92 Å². The largest absolute Gasteiger partial charge is 0.438 e. The van der Waals surface area contributed by atoms with Gasteiger partial charge < -0.3 is 10.1 Å². The van der Waals surface area contributed by atoms with Crippen molar-refractivity contribution in [3.63, 3.8) is 0 Å². The van der Waals surface area contributed by atoms with Crippen LogP contribution in [0.4, 0.5) is 13.2 Å². The average Bonchev–Trinajstić information content (AvgIpc) is 2.46. The van der Waals surface area contributed by atoms with Crippen LogP contribution in [0.15, 0.2) is 42.6 Å². The normalized spacial score (nSPS) is 13.0. The summed E-state index contributed by atoms with van der Waals surface area (Å²) in [6.45, 7) is 1.87. The Balaban J connectivity index is 2.40. The number of hydrogen-bond donors (Lipinski definition) is 1. The van der Waals surface area contributed by atoms with Crippen LogP contribution in [0.1, 0.15) is 24.1 Å². The van der Waals surface area contributed by atoms with Gasteiger partial charge in [0, 0.05) is 17.8 Å². The quantitative estimate of drug-likeness (QED) is 0.919. The summed E-state index contributed by atoms with van der Waals surface area (Å²) >= 11 is 0. The minimum Gasteiger partial charge on any atom is -0.438 e. The molecule has 0 radical (unpaired) electrons. The van der Waals surface area contributed by atoms with E-state index in [4.69, 9.17) is 4.74 Å². The number of nitrogens with zero attached hydrogens (tertiary/aromatic N) is 1. The van der Waals surface area contributed by atoms with Crippen molar-refractivity contribution in [1.29, 1.82) is 0 Å². The summed E-state index contributed by atoms with van der Waals surface area (Å²) in [6.07, 6.45) is -2.99. The lowest BCUT2D eigenvalue weighted by molar-refractivity contribution is -0.138. The minimum absolute atomic E-state index is 0.0910. The predicted octanol–water partition coefficient (Wildman–Crippen LogP) is 4.17. The monoisotopic (exact) mass is 296 g/mol. The summed E-state index contributed by atoms with van der Waals surface area (Å²) < 4.78 is 44.3. The third kappa shape index (κ3) is 3.52. The third-order valence-electron chi connectivity index (χ3n) is 3.10. The highest BCUT2D eigenvalue weighted by molar-refractivity contribution is 5.40. The molecule has 0 spiro atoms. The van der Waals surface area contributed by atoms with Gasteiger partial charge in [-0.15, -0.1) is 0 Å². The van der Waals surface area contributed by atoms with Gasteiger partial charge in [0.1, 0.15) is 5.75 Å². The molecule has 1 aromatic heterocycles. The van der Waals surface area contributed by atoms with Crippen LogP contribution in [-0.4, -0.2) is 12.0 Å². The number of aromatic nitrogens is 1. The molecular formula is C15H15F3N2O. The first-order valence-corrected chi connectivity index (χ1v) is 6.39. The van der Waals surface area contributed by atoms with Gasteiger partial charge in [0.25, 0.3) is 0 Å². The Morgan fingerprint density at radius 2 is 1.86 bits per heavy atom. The Morgan fingerprint density at radius 1 is 1.14 bits per heavy atom. The number of halogens is 3. The molecule has 0 amide bonds. The van der Waals surface area contributed by atoms with E-state index in [1.165, 1.54) is 24.4 Å². The Kier molecular flexibility index (Phi) is 4.47. The predicted molar refractivity (Wildman–Crippen MR) is 73.2 cm³/mol. The van der Waals surface area contributed by atoms with Crippen LogP contribution >= 0.6 is 0 Å². The molecule has 0 aliphatic rings. The molecule has 1 N–H and O–H groups in total. The molecule has 112 valence electrons. The van der Waals surface area contributed by atoms with Crippen molar-refractivity contribution in [3.05, 3.63) is 53.7 Å². The van der Waals surface area contributed by atoms with Crippen molar-refractivity contribution in [3.8, 4) is 11.6 Å². The highest BCUT2D eigenvalue weighted by atomic mass is 19.4. The van der Waals surface area contributed by atoms with Crippen molar-refractivity contribution < 1.29 is 17.9 Å². The molecule has 0 aliphatic heterocycles. The molecule has 1 unspecified atom stereocenters. The number of benzene rings is 1. The Morgan fingerprint density at radius 3 is 2.52 bits per heavy atom. The molecule has 0 saturated carbocycles. The van der Waals surface area contributed by atoms with Gasteiger partial charge in [-0.05, 0) is 32.2 Å². The van der Waals surface area contributed by atoms with Crippen molar-refractivity contribution in [1.82, 2.24) is 10.3 Å². The average molecular weight is 296 g/mol. The highest BCUT2D eigenvalue weighted by Crippen LogP contribution is 2.38. The van der Waals surface area contributed by atoms with Gasteiger partial charge in [-0.25, -0.2) is 4.98 Å². The van der Waals surface area contributed by atoms with Gasteiger partial charge in [-0.1, -0.05) is 18.2 Å². The van der Waals surface area contributed by atoms with Crippen LogP contribution in [-0.2, 0) is 6.18 Å². The fraction of sp³-hybridized carbons (Fsp3) is 0.267. The Bertz CT molecular complexity index is 614. The van der Waals surface area contributed by atoms with Gasteiger partial charge in [-0.2, -0.15) is 13.2 Å². The second-order valence-electron chi connectivity index (χ2n) is 4.50. The van der Waals surface area contributed by atoms with E-state index in [1.54, 1.807) is 19.2 Å². The molecule has 0 saturated heterocycles. The van der Waals surface area contributed by atoms with E-state index >= 15 is 0 Å². The summed E-state index contributed by atoms with van der Waals surface area (Å²) in [4.78, 5) is 4.04. The number of alkyl halides is 3. The van der Waals surface area contributed by atoms with Crippen LogP contribution in [0.2, 0.25) is 0 Å². The van der Waals surface area contributed by atoms with Gasteiger partial charge in [0.05, 0.1) is 5.56 Å². The molecule has 21 heavy (non-hydrogen) atoms. The molecule has 1 atom stereocenters. The fourth-order valence-corrected chi connectivity index (χ4v) is 1.87. The summed E-state index contributed by atoms with van der Waals surface area (Å²) in [5.74, 6) is -0.0932. The first kappa shape index (κ1) is 15.3. The van der Waals surface area contributed by atoms with Gasteiger partial charge >= 0.3 is 6.18 Å². The first-order chi connectivity index (χ1) is 9.93. The van der Waals surface area contributed by atoms with E-state index in [0.29, 0.717) is 5.56 Å². The van der Waals surface area contributed by atoms with Crippen LogP contribution in [0.5, 0.6) is 11.6 Å². The Hall–Kier alpha value is -2.08. The molecular weight excluding hydrogens is 281 g/mol. The molecule has 0 bridgehead atoms. The summed E-state index contributed by atoms with van der Waals surface area (Å²) in [5.41, 5.74) is -0.129. The van der Waals surface area contributed by atoms with E-state index in [9.17, 15) is 13.2 Å². The van der Waals surface area contributed by atoms with Gasteiger partial charge in [-0.3, -0.25) is 0 Å². The van der Waals surface area contributed by atoms with Crippen LogP contribution in [0, 0.1) is 0 Å². The maximum atomic E-state index is 13.0. The second-order valence-corrected chi connectivity index (χ2v) is 4.50. The lowest BCUT2D eigenvalue weighted by Gasteiger charge is -2.17. The lowest BCUT2D eigenvalue weighted by Crippen LogP contribution is -2.14. The molecule has 1 aromatic carbocycles. The zero-order valence-electron chi connectivity index (χ0n) is 11.6. The molecule has 3 nitrogen and oxygen atoms in total. The van der Waals surface area contributed by atoms with Crippen molar-refractivity contribution in [2.24, 2.45) is 0 Å². The zero-order valence-corrected chi connectivity index (χ0v) is 11.6. The van der Waals surface area contributed by atoms with E-state index < -0.39 is 11.7 Å². The summed E-state index contributed by atoms with van der Waals surface area (Å²) in [7, 11) is 1.76. The Labute approximate surface area is 120 Å². The second kappa shape index (κ2) is 6.13. The van der Waals surface area contributed by atoms with Crippen molar-refractivity contribution in [2.45, 2.75) is 19.1 Å². The van der Waals surface area contributed by atoms with Crippen molar-refractivity contribution >= 4 is 0 Å². The molecule has 0 aliphatic carbocycles. The topological polar surface area (TPSA) is 34.2 Å². The van der Waals surface area contributed by atoms with Gasteiger partial charge in [0.15, 0.2) is 0 Å². The number of ether oxygens (including phenoxy) is 1. The summed E-state index contributed by atoms with van der Waals surface area (Å²) in [5, 5.41) is 3.01. The number of pyridine rings is 1. The van der Waals surface area contributed by atoms with E-state index in [-0.39, 0.29) is 17.7 Å². The number of rotatable bonds is 4. The van der Waals surface area contributed by atoms with Crippen LogP contribution in [0.25, 0.3) is 0 Å². The third-order valence-corrected chi connectivity index (χ3v) is 3.10. The SMILES string of the molecule is CNC(C)c1cccnc1Oc1ccccc1C(F)(F)F.